The molecule has 0 spiro atoms. The van der Waals surface area contributed by atoms with Gasteiger partial charge in [-0.25, -0.2) is 9.97 Å². The van der Waals surface area contributed by atoms with Crippen molar-refractivity contribution < 1.29 is 4.92 Å². The average molecular weight is 269 g/mol. The highest BCUT2D eigenvalue weighted by Crippen LogP contribution is 2.35. The lowest BCUT2D eigenvalue weighted by Gasteiger charge is -2.02. The first-order chi connectivity index (χ1) is 8.08. The highest BCUT2D eigenvalue weighted by atomic mass is 32.2. The minimum Gasteiger partial charge on any atom is -0.368 e. The van der Waals surface area contributed by atoms with E-state index in [2.05, 4.69) is 15.0 Å². The number of nitrogen functional groups attached to an aromatic ring is 1. The Morgan fingerprint density at radius 3 is 2.88 bits per heavy atom. The minimum absolute atomic E-state index is 0.0205. The number of nitrogens with zero attached hydrogens (tertiary/aromatic N) is 4. The molecule has 2 rings (SSSR count). The Bertz CT molecular complexity index is 557. The highest BCUT2D eigenvalue weighted by molar-refractivity contribution is 8.01. The van der Waals surface area contributed by atoms with Crippen molar-refractivity contribution in [1.29, 1.82) is 0 Å². The Hall–Kier alpha value is -1.74. The molecule has 0 saturated carbocycles. The van der Waals surface area contributed by atoms with Crippen LogP contribution in [-0.2, 0) is 0 Å². The summed E-state index contributed by atoms with van der Waals surface area (Å²) in [6.07, 6.45) is 1.62. The molecular weight excluding hydrogens is 262 g/mol. The lowest BCUT2D eigenvalue weighted by molar-refractivity contribution is -0.389. The lowest BCUT2D eigenvalue weighted by Crippen LogP contribution is -2.03. The molecule has 2 heterocycles. The fourth-order valence-electron chi connectivity index (χ4n) is 1.19. The van der Waals surface area contributed by atoms with E-state index in [0.717, 1.165) is 11.8 Å². The number of thiazole rings is 1. The Kier molecular flexibility index (Phi) is 3.20. The van der Waals surface area contributed by atoms with Gasteiger partial charge in [0.25, 0.3) is 0 Å². The summed E-state index contributed by atoms with van der Waals surface area (Å²) in [4.78, 5) is 22.1. The number of hydrogen-bond acceptors (Lipinski definition) is 8. The van der Waals surface area contributed by atoms with Crippen molar-refractivity contribution in [1.82, 2.24) is 15.0 Å². The van der Waals surface area contributed by atoms with Crippen molar-refractivity contribution in [3.05, 3.63) is 27.4 Å². The van der Waals surface area contributed by atoms with Gasteiger partial charge in [0.15, 0.2) is 9.37 Å². The average Bonchev–Trinajstić information content (AvgIpc) is 2.68. The van der Waals surface area contributed by atoms with Gasteiger partial charge in [0, 0.05) is 11.6 Å². The van der Waals surface area contributed by atoms with Crippen molar-refractivity contribution in [2.45, 2.75) is 16.3 Å². The summed E-state index contributed by atoms with van der Waals surface area (Å²) in [6, 6.07) is 0. The SMILES string of the molecule is Cc1nc(N)nc(Sc2nccs2)c1[N+](=O)[O-]. The van der Waals surface area contributed by atoms with Crippen LogP contribution in [0.5, 0.6) is 0 Å². The molecule has 0 amide bonds. The maximum absolute atomic E-state index is 10.9. The normalized spacial score (nSPS) is 10.4. The van der Waals surface area contributed by atoms with Crippen LogP contribution in [0.4, 0.5) is 11.6 Å². The van der Waals surface area contributed by atoms with Crippen molar-refractivity contribution in [3.63, 3.8) is 0 Å². The topological polar surface area (TPSA) is 108 Å². The van der Waals surface area contributed by atoms with Crippen molar-refractivity contribution in [2.24, 2.45) is 0 Å². The molecule has 88 valence electrons. The van der Waals surface area contributed by atoms with E-state index in [1.54, 1.807) is 11.6 Å². The van der Waals surface area contributed by atoms with Crippen LogP contribution in [0.2, 0.25) is 0 Å². The monoisotopic (exact) mass is 269 g/mol. The first-order valence-corrected chi connectivity index (χ1v) is 6.13. The number of nitrogens with two attached hydrogens (primary N) is 1. The quantitative estimate of drug-likeness (QED) is 0.514. The third kappa shape index (κ3) is 2.50. The predicted molar refractivity (Wildman–Crippen MR) is 64.1 cm³/mol. The molecule has 0 fully saturated rings. The molecular formula is C8H7N5O2S2. The molecule has 0 radical (unpaired) electrons. The molecule has 0 unspecified atom stereocenters. The summed E-state index contributed by atoms with van der Waals surface area (Å²) < 4.78 is 0.672. The molecule has 0 bridgehead atoms. The zero-order valence-corrected chi connectivity index (χ0v) is 10.3. The molecule has 7 nitrogen and oxygen atoms in total. The molecule has 0 aromatic carbocycles. The van der Waals surface area contributed by atoms with Gasteiger partial charge in [-0.2, -0.15) is 4.98 Å². The summed E-state index contributed by atoms with van der Waals surface area (Å²) >= 11 is 2.49. The zero-order chi connectivity index (χ0) is 12.4. The van der Waals surface area contributed by atoms with E-state index in [-0.39, 0.29) is 22.4 Å². The highest BCUT2D eigenvalue weighted by Gasteiger charge is 2.22. The van der Waals surface area contributed by atoms with Crippen LogP contribution in [0, 0.1) is 17.0 Å². The van der Waals surface area contributed by atoms with Crippen molar-refractivity contribution in [3.8, 4) is 0 Å². The van der Waals surface area contributed by atoms with Crippen LogP contribution in [0.3, 0.4) is 0 Å². The molecule has 0 aliphatic rings. The number of anilines is 1. The van der Waals surface area contributed by atoms with Gasteiger partial charge in [-0.15, -0.1) is 11.3 Å². The van der Waals surface area contributed by atoms with Gasteiger partial charge in [-0.05, 0) is 18.7 Å². The van der Waals surface area contributed by atoms with Gasteiger partial charge in [-0.3, -0.25) is 10.1 Å². The van der Waals surface area contributed by atoms with Crippen LogP contribution < -0.4 is 5.73 Å². The summed E-state index contributed by atoms with van der Waals surface area (Å²) in [7, 11) is 0. The van der Waals surface area contributed by atoms with Crippen LogP contribution >= 0.6 is 23.1 Å². The van der Waals surface area contributed by atoms with Crippen LogP contribution in [-0.4, -0.2) is 19.9 Å². The fourth-order valence-corrected chi connectivity index (χ4v) is 2.88. The third-order valence-electron chi connectivity index (χ3n) is 1.82. The Labute approximate surface area is 104 Å². The standard InChI is InChI=1S/C8H7N5O2S2/c1-4-5(13(14)15)6(12-7(9)11-4)17-8-10-2-3-16-8/h2-3H,1H3,(H2,9,11,12). The van der Waals surface area contributed by atoms with E-state index in [9.17, 15) is 10.1 Å². The molecule has 2 N–H and O–H groups in total. The van der Waals surface area contributed by atoms with Crippen LogP contribution in [0.1, 0.15) is 5.69 Å². The van der Waals surface area contributed by atoms with Gasteiger partial charge in [0.2, 0.25) is 5.95 Å². The van der Waals surface area contributed by atoms with Crippen LogP contribution in [0.15, 0.2) is 20.9 Å². The summed E-state index contributed by atoms with van der Waals surface area (Å²) in [5.41, 5.74) is 5.61. The van der Waals surface area contributed by atoms with E-state index in [0.29, 0.717) is 4.34 Å². The van der Waals surface area contributed by atoms with E-state index >= 15 is 0 Å². The molecule has 0 saturated heterocycles. The number of aromatic nitrogens is 3. The fraction of sp³-hybridized carbons (Fsp3) is 0.125. The predicted octanol–water partition coefficient (Wildman–Crippen LogP) is 1.88. The number of rotatable bonds is 3. The number of nitro groups is 1. The number of hydrogen-bond donors (Lipinski definition) is 1. The Balaban J connectivity index is 2.47. The van der Waals surface area contributed by atoms with Crippen LogP contribution in [0.25, 0.3) is 0 Å². The van der Waals surface area contributed by atoms with Gasteiger partial charge in [0.1, 0.15) is 5.69 Å². The zero-order valence-electron chi connectivity index (χ0n) is 8.65. The first kappa shape index (κ1) is 11.7. The molecule has 17 heavy (non-hydrogen) atoms. The molecule has 2 aromatic rings. The van der Waals surface area contributed by atoms with Crippen molar-refractivity contribution in [2.75, 3.05) is 5.73 Å². The second kappa shape index (κ2) is 4.63. The van der Waals surface area contributed by atoms with Gasteiger partial charge in [-0.1, -0.05) is 0 Å². The van der Waals surface area contributed by atoms with Crippen molar-refractivity contribution >= 4 is 34.7 Å². The number of aryl methyl sites for hydroxylation is 1. The summed E-state index contributed by atoms with van der Waals surface area (Å²) in [6.45, 7) is 1.53. The molecule has 0 atom stereocenters. The molecule has 9 heteroatoms. The third-order valence-corrected chi connectivity index (χ3v) is 3.68. The minimum atomic E-state index is -0.509. The molecule has 0 aliphatic heterocycles. The maximum Gasteiger partial charge on any atom is 0.322 e. The maximum atomic E-state index is 10.9. The largest absolute Gasteiger partial charge is 0.368 e. The first-order valence-electron chi connectivity index (χ1n) is 4.44. The smallest absolute Gasteiger partial charge is 0.322 e. The lowest BCUT2D eigenvalue weighted by atomic mass is 10.4. The Morgan fingerprint density at radius 2 is 2.29 bits per heavy atom. The van der Waals surface area contributed by atoms with Gasteiger partial charge < -0.3 is 5.73 Å². The Morgan fingerprint density at radius 1 is 1.53 bits per heavy atom. The van der Waals surface area contributed by atoms with Gasteiger partial charge >= 0.3 is 5.69 Å². The molecule has 2 aromatic heterocycles. The van der Waals surface area contributed by atoms with E-state index < -0.39 is 4.92 Å². The van der Waals surface area contributed by atoms with Gasteiger partial charge in [0.05, 0.1) is 4.92 Å². The van der Waals surface area contributed by atoms with E-state index in [1.165, 1.54) is 18.3 Å². The second-order valence-electron chi connectivity index (χ2n) is 2.98. The summed E-state index contributed by atoms with van der Waals surface area (Å²) in [5.74, 6) is 0.0205. The molecule has 0 aliphatic carbocycles. The van der Waals surface area contributed by atoms with E-state index in [4.69, 9.17) is 5.73 Å². The summed E-state index contributed by atoms with van der Waals surface area (Å²) in [5, 5.41) is 12.9. The second-order valence-corrected chi connectivity index (χ2v) is 5.11. The van der Waals surface area contributed by atoms with E-state index in [1.807, 2.05) is 0 Å².